The van der Waals surface area contributed by atoms with Gasteiger partial charge in [0.05, 0.1) is 25.9 Å². The van der Waals surface area contributed by atoms with E-state index >= 15 is 0 Å². The van der Waals surface area contributed by atoms with Crippen LogP contribution in [-0.2, 0) is 11.3 Å². The van der Waals surface area contributed by atoms with Crippen molar-refractivity contribution in [3.63, 3.8) is 0 Å². The van der Waals surface area contributed by atoms with E-state index in [1.54, 1.807) is 0 Å². The van der Waals surface area contributed by atoms with Gasteiger partial charge in [-0.3, -0.25) is 4.90 Å². The van der Waals surface area contributed by atoms with Crippen molar-refractivity contribution in [2.75, 3.05) is 19.8 Å². The maximum atomic E-state index is 9.14. The maximum absolute atomic E-state index is 9.14. The number of morpholine rings is 1. The summed E-state index contributed by atoms with van der Waals surface area (Å²) in [5.74, 6) is 1.62. The zero-order chi connectivity index (χ0) is 13.1. The Kier molecular flexibility index (Phi) is 4.31. The standard InChI is InChI=1S/C12H21N3O3/c1-8(2)12-13-11(14-18-12)5-15-4-10(6-16)17-7-9(15)3/h8-10,16H,4-7H2,1-3H3. The first kappa shape index (κ1) is 13.5. The van der Waals surface area contributed by atoms with Crippen LogP contribution in [0, 0.1) is 0 Å². The predicted octanol–water partition coefficient (Wildman–Crippen LogP) is 0.775. The topological polar surface area (TPSA) is 71.6 Å². The molecule has 0 bridgehead atoms. The molecule has 0 aromatic carbocycles. The van der Waals surface area contributed by atoms with Crippen LogP contribution in [0.25, 0.3) is 0 Å². The number of hydrogen-bond donors (Lipinski definition) is 1. The molecule has 18 heavy (non-hydrogen) atoms. The molecule has 1 aromatic heterocycles. The van der Waals surface area contributed by atoms with Gasteiger partial charge in [-0.1, -0.05) is 19.0 Å². The van der Waals surface area contributed by atoms with Crippen molar-refractivity contribution >= 4 is 0 Å². The third-order valence-electron chi connectivity index (χ3n) is 3.16. The number of ether oxygens (including phenoxy) is 1. The third kappa shape index (κ3) is 3.07. The van der Waals surface area contributed by atoms with Crippen LogP contribution in [0.5, 0.6) is 0 Å². The number of aliphatic hydroxyl groups is 1. The Morgan fingerprint density at radius 3 is 2.89 bits per heavy atom. The van der Waals surface area contributed by atoms with E-state index in [0.29, 0.717) is 37.5 Å². The van der Waals surface area contributed by atoms with E-state index < -0.39 is 0 Å². The molecule has 0 radical (unpaired) electrons. The first-order valence-electron chi connectivity index (χ1n) is 6.39. The summed E-state index contributed by atoms with van der Waals surface area (Å²) in [5, 5.41) is 13.1. The van der Waals surface area contributed by atoms with E-state index in [4.69, 9.17) is 14.4 Å². The van der Waals surface area contributed by atoms with Gasteiger partial charge in [0, 0.05) is 18.5 Å². The van der Waals surface area contributed by atoms with Crippen molar-refractivity contribution < 1.29 is 14.4 Å². The molecule has 102 valence electrons. The normalized spacial score (nSPS) is 25.8. The molecule has 0 aliphatic carbocycles. The van der Waals surface area contributed by atoms with Crippen LogP contribution in [0.2, 0.25) is 0 Å². The summed E-state index contributed by atoms with van der Waals surface area (Å²) in [4.78, 5) is 6.57. The van der Waals surface area contributed by atoms with Crippen molar-refractivity contribution in [1.82, 2.24) is 15.0 Å². The fourth-order valence-electron chi connectivity index (χ4n) is 1.95. The van der Waals surface area contributed by atoms with Gasteiger partial charge in [0.1, 0.15) is 0 Å². The Balaban J connectivity index is 1.98. The van der Waals surface area contributed by atoms with Gasteiger partial charge < -0.3 is 14.4 Å². The van der Waals surface area contributed by atoms with E-state index in [-0.39, 0.29) is 18.6 Å². The molecule has 2 unspecified atom stereocenters. The molecule has 2 heterocycles. The Bertz CT molecular complexity index is 380. The molecule has 2 rings (SSSR count). The highest BCUT2D eigenvalue weighted by atomic mass is 16.5. The molecule has 1 aromatic rings. The summed E-state index contributed by atoms with van der Waals surface area (Å²) >= 11 is 0. The van der Waals surface area contributed by atoms with Gasteiger partial charge >= 0.3 is 0 Å². The lowest BCUT2D eigenvalue weighted by molar-refractivity contribution is -0.0813. The Morgan fingerprint density at radius 2 is 2.28 bits per heavy atom. The van der Waals surface area contributed by atoms with Crippen molar-refractivity contribution in [3.05, 3.63) is 11.7 Å². The molecule has 6 heteroatoms. The minimum absolute atomic E-state index is 0.0483. The van der Waals surface area contributed by atoms with Gasteiger partial charge in [0.2, 0.25) is 5.89 Å². The quantitative estimate of drug-likeness (QED) is 0.857. The molecular weight excluding hydrogens is 234 g/mol. The summed E-state index contributed by atoms with van der Waals surface area (Å²) in [7, 11) is 0. The summed E-state index contributed by atoms with van der Waals surface area (Å²) in [5.41, 5.74) is 0. The maximum Gasteiger partial charge on any atom is 0.229 e. The smallest absolute Gasteiger partial charge is 0.229 e. The van der Waals surface area contributed by atoms with Crippen molar-refractivity contribution in [3.8, 4) is 0 Å². The molecule has 0 saturated carbocycles. The Labute approximate surface area is 107 Å². The van der Waals surface area contributed by atoms with E-state index in [9.17, 15) is 0 Å². The fourth-order valence-corrected chi connectivity index (χ4v) is 1.95. The van der Waals surface area contributed by atoms with Crippen LogP contribution in [0.1, 0.15) is 38.4 Å². The zero-order valence-electron chi connectivity index (χ0n) is 11.2. The van der Waals surface area contributed by atoms with Crippen LogP contribution in [0.4, 0.5) is 0 Å². The second-order valence-electron chi connectivity index (χ2n) is 5.12. The molecule has 2 atom stereocenters. The van der Waals surface area contributed by atoms with Gasteiger partial charge in [-0.25, -0.2) is 0 Å². The molecule has 1 N–H and O–H groups in total. The van der Waals surface area contributed by atoms with Crippen molar-refractivity contribution in [2.45, 2.75) is 45.4 Å². The van der Waals surface area contributed by atoms with E-state index in [2.05, 4.69) is 22.0 Å². The Morgan fingerprint density at radius 1 is 1.50 bits per heavy atom. The van der Waals surface area contributed by atoms with Crippen molar-refractivity contribution in [1.29, 1.82) is 0 Å². The number of rotatable bonds is 4. The molecule has 6 nitrogen and oxygen atoms in total. The average Bonchev–Trinajstić information content (AvgIpc) is 2.81. The second kappa shape index (κ2) is 5.77. The lowest BCUT2D eigenvalue weighted by Crippen LogP contribution is -2.49. The summed E-state index contributed by atoms with van der Waals surface area (Å²) < 4.78 is 10.7. The second-order valence-corrected chi connectivity index (χ2v) is 5.12. The molecule has 1 saturated heterocycles. The highest BCUT2D eigenvalue weighted by Gasteiger charge is 2.26. The molecule has 1 fully saturated rings. The average molecular weight is 255 g/mol. The van der Waals surface area contributed by atoms with E-state index in [1.165, 1.54) is 0 Å². The predicted molar refractivity (Wildman–Crippen MR) is 65.1 cm³/mol. The molecule has 1 aliphatic rings. The van der Waals surface area contributed by atoms with E-state index in [0.717, 1.165) is 0 Å². The monoisotopic (exact) mass is 255 g/mol. The van der Waals surface area contributed by atoms with Crippen LogP contribution in [0.3, 0.4) is 0 Å². The van der Waals surface area contributed by atoms with Crippen LogP contribution >= 0.6 is 0 Å². The number of aliphatic hydroxyl groups excluding tert-OH is 1. The SMILES string of the molecule is CC(C)c1nc(CN2CC(CO)OCC2C)no1. The molecule has 0 spiro atoms. The minimum atomic E-state index is -0.113. The Hall–Kier alpha value is -0.980. The first-order chi connectivity index (χ1) is 8.60. The number of nitrogens with zero attached hydrogens (tertiary/aromatic N) is 3. The lowest BCUT2D eigenvalue weighted by atomic mass is 10.2. The lowest BCUT2D eigenvalue weighted by Gasteiger charge is -2.36. The highest BCUT2D eigenvalue weighted by molar-refractivity contribution is 4.92. The first-order valence-corrected chi connectivity index (χ1v) is 6.39. The van der Waals surface area contributed by atoms with Crippen molar-refractivity contribution in [2.24, 2.45) is 0 Å². The molecule has 1 aliphatic heterocycles. The summed E-state index contributed by atoms with van der Waals surface area (Å²) in [6, 6.07) is 0.300. The van der Waals surface area contributed by atoms with Gasteiger partial charge in [0.15, 0.2) is 5.82 Å². The fraction of sp³-hybridized carbons (Fsp3) is 0.833. The molecular formula is C12H21N3O3. The van der Waals surface area contributed by atoms with Crippen LogP contribution in [-0.4, -0.2) is 52.1 Å². The number of aromatic nitrogens is 2. The minimum Gasteiger partial charge on any atom is -0.394 e. The van der Waals surface area contributed by atoms with Gasteiger partial charge in [-0.2, -0.15) is 4.98 Å². The summed E-state index contributed by atoms with van der Waals surface area (Å²) in [6.45, 7) is 8.15. The van der Waals surface area contributed by atoms with Gasteiger partial charge in [-0.15, -0.1) is 0 Å². The largest absolute Gasteiger partial charge is 0.394 e. The van der Waals surface area contributed by atoms with Crippen LogP contribution in [0.15, 0.2) is 4.52 Å². The van der Waals surface area contributed by atoms with E-state index in [1.807, 2.05) is 13.8 Å². The highest BCUT2D eigenvalue weighted by Crippen LogP contribution is 2.16. The van der Waals surface area contributed by atoms with Crippen LogP contribution < -0.4 is 0 Å². The summed E-state index contributed by atoms with van der Waals surface area (Å²) in [6.07, 6.45) is -0.113. The zero-order valence-corrected chi connectivity index (χ0v) is 11.2. The third-order valence-corrected chi connectivity index (χ3v) is 3.16. The molecule has 0 amide bonds. The van der Waals surface area contributed by atoms with Gasteiger partial charge in [-0.05, 0) is 6.92 Å². The van der Waals surface area contributed by atoms with Gasteiger partial charge in [0.25, 0.3) is 0 Å². The number of hydrogen-bond acceptors (Lipinski definition) is 6.